The fourth-order valence-corrected chi connectivity index (χ4v) is 4.36. The molecular weight excluding hydrogens is 290 g/mol. The molecule has 0 amide bonds. The van der Waals surface area contributed by atoms with Gasteiger partial charge in [0, 0.05) is 18.1 Å². The molecule has 0 unspecified atom stereocenters. The van der Waals surface area contributed by atoms with Gasteiger partial charge in [0.25, 0.3) is 0 Å². The number of rotatable bonds is 4. The highest BCUT2D eigenvalue weighted by Crippen LogP contribution is 2.42. The number of hydrogen-bond acceptors (Lipinski definition) is 3. The third kappa shape index (κ3) is 2.37. The molecule has 16 heavy (non-hydrogen) atoms. The summed E-state index contributed by atoms with van der Waals surface area (Å²) >= 11 is 5.30. The van der Waals surface area contributed by atoms with Crippen molar-refractivity contribution in [3.8, 4) is 0 Å². The van der Waals surface area contributed by atoms with Gasteiger partial charge in [-0.1, -0.05) is 40.5 Å². The van der Waals surface area contributed by atoms with Crippen LogP contribution >= 0.6 is 27.7 Å². The molecule has 1 aliphatic rings. The Bertz CT molecular complexity index is 408. The van der Waals surface area contributed by atoms with Gasteiger partial charge in [-0.25, -0.2) is 9.89 Å². The molecule has 0 aliphatic heterocycles. The summed E-state index contributed by atoms with van der Waals surface area (Å²) in [6.45, 7) is 0. The fraction of sp³-hybridized carbons (Fsp3) is 0.800. The standard InChI is InChI=1S/C10H16BrN3OS/c1-14-8(15)12-13-9(14)16-7-10(6-11)4-2-3-5-10/h2-7H2,1H3,(H,12,15). The van der Waals surface area contributed by atoms with Crippen molar-refractivity contribution >= 4 is 27.7 Å². The average Bonchev–Trinajstić information content (AvgIpc) is 2.87. The van der Waals surface area contributed by atoms with Gasteiger partial charge in [-0.2, -0.15) is 0 Å². The first-order chi connectivity index (χ1) is 7.67. The minimum atomic E-state index is -0.137. The maximum absolute atomic E-state index is 11.2. The van der Waals surface area contributed by atoms with Gasteiger partial charge in [-0.3, -0.25) is 4.57 Å². The van der Waals surface area contributed by atoms with Crippen molar-refractivity contribution in [3.63, 3.8) is 0 Å². The van der Waals surface area contributed by atoms with E-state index in [1.54, 1.807) is 23.4 Å². The van der Waals surface area contributed by atoms with Crippen LogP contribution in [0.2, 0.25) is 0 Å². The normalized spacial score (nSPS) is 19.1. The minimum Gasteiger partial charge on any atom is -0.273 e. The van der Waals surface area contributed by atoms with Crippen LogP contribution in [-0.2, 0) is 7.05 Å². The quantitative estimate of drug-likeness (QED) is 0.685. The van der Waals surface area contributed by atoms with E-state index in [9.17, 15) is 4.79 Å². The second-order valence-corrected chi connectivity index (χ2v) is 6.00. The summed E-state index contributed by atoms with van der Waals surface area (Å²) in [5.41, 5.74) is 0.265. The number of aromatic amines is 1. The number of aromatic nitrogens is 3. The van der Waals surface area contributed by atoms with Gasteiger partial charge in [0.05, 0.1) is 0 Å². The smallest absolute Gasteiger partial charge is 0.273 e. The zero-order chi connectivity index (χ0) is 11.6. The molecule has 1 aromatic rings. The highest BCUT2D eigenvalue weighted by molar-refractivity contribution is 9.09. The summed E-state index contributed by atoms with van der Waals surface area (Å²) in [4.78, 5) is 11.2. The first kappa shape index (κ1) is 12.2. The van der Waals surface area contributed by atoms with E-state index < -0.39 is 0 Å². The summed E-state index contributed by atoms with van der Waals surface area (Å²) < 4.78 is 1.57. The number of hydrogen-bond donors (Lipinski definition) is 1. The molecule has 1 fully saturated rings. The van der Waals surface area contributed by atoms with Gasteiger partial charge >= 0.3 is 5.69 Å². The number of nitrogens with one attached hydrogen (secondary N) is 1. The van der Waals surface area contributed by atoms with Gasteiger partial charge in [0.15, 0.2) is 5.16 Å². The van der Waals surface area contributed by atoms with Crippen LogP contribution < -0.4 is 5.69 Å². The summed E-state index contributed by atoms with van der Waals surface area (Å²) in [6.07, 6.45) is 5.21. The van der Waals surface area contributed by atoms with Crippen LogP contribution in [0.25, 0.3) is 0 Å². The third-order valence-electron chi connectivity index (χ3n) is 3.29. The Hall–Kier alpha value is -0.230. The third-order valence-corrected chi connectivity index (χ3v) is 5.86. The SMILES string of the molecule is Cn1c(SCC2(CBr)CCCC2)n[nH]c1=O. The second-order valence-electron chi connectivity index (χ2n) is 4.50. The number of thioether (sulfide) groups is 1. The monoisotopic (exact) mass is 305 g/mol. The molecule has 2 rings (SSSR count). The van der Waals surface area contributed by atoms with E-state index in [1.807, 2.05) is 0 Å². The molecule has 4 nitrogen and oxygen atoms in total. The number of alkyl halides is 1. The second kappa shape index (κ2) is 4.96. The molecule has 0 bridgehead atoms. The van der Waals surface area contributed by atoms with Gasteiger partial charge in [-0.05, 0) is 18.3 Å². The molecule has 1 heterocycles. The van der Waals surface area contributed by atoms with Crippen molar-refractivity contribution in [2.45, 2.75) is 30.8 Å². The summed E-state index contributed by atoms with van der Waals surface area (Å²) in [6, 6.07) is 0. The Kier molecular flexibility index (Phi) is 3.79. The average molecular weight is 306 g/mol. The van der Waals surface area contributed by atoms with Crippen LogP contribution in [0.1, 0.15) is 25.7 Å². The Morgan fingerprint density at radius 2 is 2.25 bits per heavy atom. The van der Waals surface area contributed by atoms with Crippen molar-refractivity contribution in [1.82, 2.24) is 14.8 Å². The predicted molar refractivity (Wildman–Crippen MR) is 69.2 cm³/mol. The number of halogens is 1. The summed E-state index contributed by atoms with van der Waals surface area (Å²) in [5.74, 6) is 1.04. The van der Waals surface area contributed by atoms with E-state index in [1.165, 1.54) is 25.7 Å². The fourth-order valence-electron chi connectivity index (χ4n) is 2.12. The molecule has 0 saturated heterocycles. The lowest BCUT2D eigenvalue weighted by atomic mass is 9.92. The van der Waals surface area contributed by atoms with Crippen LogP contribution in [0.15, 0.2) is 9.95 Å². The topological polar surface area (TPSA) is 50.7 Å². The lowest BCUT2D eigenvalue weighted by molar-refractivity contribution is 0.405. The molecule has 1 aliphatic carbocycles. The van der Waals surface area contributed by atoms with E-state index in [0.717, 1.165) is 16.2 Å². The van der Waals surface area contributed by atoms with Gasteiger partial charge in [0.1, 0.15) is 0 Å². The maximum Gasteiger partial charge on any atom is 0.343 e. The van der Waals surface area contributed by atoms with Crippen molar-refractivity contribution in [3.05, 3.63) is 10.5 Å². The predicted octanol–water partition coefficient (Wildman–Crippen LogP) is 2.16. The van der Waals surface area contributed by atoms with Gasteiger partial charge in [0.2, 0.25) is 0 Å². The highest BCUT2D eigenvalue weighted by atomic mass is 79.9. The Labute approximate surface area is 107 Å². The Morgan fingerprint density at radius 3 is 2.75 bits per heavy atom. The van der Waals surface area contributed by atoms with E-state index >= 15 is 0 Å². The number of nitrogens with zero attached hydrogens (tertiary/aromatic N) is 2. The minimum absolute atomic E-state index is 0.137. The van der Waals surface area contributed by atoms with E-state index in [-0.39, 0.29) is 5.69 Å². The molecular formula is C10H16BrN3OS. The van der Waals surface area contributed by atoms with Crippen LogP contribution in [0, 0.1) is 5.41 Å². The lowest BCUT2D eigenvalue weighted by Gasteiger charge is -2.25. The zero-order valence-corrected chi connectivity index (χ0v) is 11.7. The first-order valence-electron chi connectivity index (χ1n) is 5.47. The molecule has 0 aromatic carbocycles. The molecule has 0 atom stereocenters. The number of H-pyrrole nitrogens is 1. The van der Waals surface area contributed by atoms with Crippen molar-refractivity contribution < 1.29 is 0 Å². The maximum atomic E-state index is 11.2. The van der Waals surface area contributed by atoms with Crippen LogP contribution in [0.3, 0.4) is 0 Å². The molecule has 1 N–H and O–H groups in total. The van der Waals surface area contributed by atoms with Crippen molar-refractivity contribution in [2.24, 2.45) is 12.5 Å². The lowest BCUT2D eigenvalue weighted by Crippen LogP contribution is -2.22. The van der Waals surface area contributed by atoms with Crippen molar-refractivity contribution in [1.29, 1.82) is 0 Å². The molecule has 6 heteroatoms. The Morgan fingerprint density at radius 1 is 1.56 bits per heavy atom. The van der Waals surface area contributed by atoms with E-state index in [2.05, 4.69) is 26.1 Å². The summed E-state index contributed by atoms with van der Waals surface area (Å²) in [5, 5.41) is 8.32. The van der Waals surface area contributed by atoms with Crippen LogP contribution in [-0.4, -0.2) is 25.8 Å². The highest BCUT2D eigenvalue weighted by Gasteiger charge is 2.33. The van der Waals surface area contributed by atoms with Crippen LogP contribution in [0.5, 0.6) is 0 Å². The van der Waals surface area contributed by atoms with E-state index in [4.69, 9.17) is 0 Å². The molecule has 1 aromatic heterocycles. The molecule has 90 valence electrons. The van der Waals surface area contributed by atoms with Gasteiger partial charge < -0.3 is 0 Å². The molecule has 0 spiro atoms. The summed E-state index contributed by atoms with van der Waals surface area (Å²) in [7, 11) is 1.75. The zero-order valence-electron chi connectivity index (χ0n) is 9.33. The molecule has 1 saturated carbocycles. The van der Waals surface area contributed by atoms with Gasteiger partial charge in [-0.15, -0.1) is 5.10 Å². The van der Waals surface area contributed by atoms with Crippen molar-refractivity contribution in [2.75, 3.05) is 11.1 Å². The van der Waals surface area contributed by atoms with E-state index in [0.29, 0.717) is 5.41 Å². The largest absolute Gasteiger partial charge is 0.343 e. The van der Waals surface area contributed by atoms with Crippen LogP contribution in [0.4, 0.5) is 0 Å². The molecule has 0 radical (unpaired) electrons. The first-order valence-corrected chi connectivity index (χ1v) is 7.58. The Balaban J connectivity index is 2.01.